The van der Waals surface area contributed by atoms with Crippen molar-refractivity contribution in [3.05, 3.63) is 53.2 Å². The average Bonchev–Trinajstić information content (AvgIpc) is 3.24. The fourth-order valence-corrected chi connectivity index (χ4v) is 2.44. The summed E-state index contributed by atoms with van der Waals surface area (Å²) >= 11 is 1.38. The van der Waals surface area contributed by atoms with Crippen LogP contribution in [-0.2, 0) is 4.74 Å². The van der Waals surface area contributed by atoms with E-state index in [9.17, 15) is 4.79 Å². The Hall–Kier alpha value is -3.20. The quantitative estimate of drug-likeness (QED) is 0.418. The van der Waals surface area contributed by atoms with Crippen molar-refractivity contribution in [3.8, 4) is 5.69 Å². The van der Waals surface area contributed by atoms with E-state index >= 15 is 0 Å². The van der Waals surface area contributed by atoms with Crippen molar-refractivity contribution in [3.63, 3.8) is 0 Å². The van der Waals surface area contributed by atoms with Crippen LogP contribution in [0.4, 0.5) is 10.9 Å². The first kappa shape index (κ1) is 15.7. The molecular weight excluding hydrogens is 328 g/mol. The van der Waals surface area contributed by atoms with Gasteiger partial charge >= 0.3 is 5.97 Å². The number of hydrogen-bond acceptors (Lipinski definition) is 8. The van der Waals surface area contributed by atoms with Gasteiger partial charge in [0.15, 0.2) is 5.69 Å². The molecular formula is C15H14N6O2S. The Bertz CT molecular complexity index is 868. The van der Waals surface area contributed by atoms with Gasteiger partial charge in [0.2, 0.25) is 5.13 Å². The van der Waals surface area contributed by atoms with Crippen LogP contribution in [0.1, 0.15) is 16.1 Å². The number of anilines is 2. The van der Waals surface area contributed by atoms with E-state index in [2.05, 4.69) is 25.3 Å². The maximum atomic E-state index is 11.4. The Morgan fingerprint density at radius 3 is 2.83 bits per heavy atom. The van der Waals surface area contributed by atoms with Crippen LogP contribution >= 0.6 is 11.3 Å². The lowest BCUT2D eigenvalue weighted by atomic mass is 10.2. The van der Waals surface area contributed by atoms with Crippen LogP contribution in [0, 0.1) is 0 Å². The van der Waals surface area contributed by atoms with Crippen LogP contribution in [-0.4, -0.2) is 34.1 Å². The Balaban J connectivity index is 1.66. The van der Waals surface area contributed by atoms with E-state index in [0.717, 1.165) is 11.3 Å². The number of thiazole rings is 1. The molecule has 122 valence electrons. The van der Waals surface area contributed by atoms with E-state index in [1.807, 2.05) is 24.3 Å². The van der Waals surface area contributed by atoms with Gasteiger partial charge in [0.25, 0.3) is 0 Å². The lowest BCUT2D eigenvalue weighted by Gasteiger charge is -2.01. The van der Waals surface area contributed by atoms with Gasteiger partial charge in [-0.15, -0.1) is 11.3 Å². The topological polar surface area (TPSA) is 107 Å². The number of benzene rings is 1. The molecule has 2 aromatic heterocycles. The summed E-state index contributed by atoms with van der Waals surface area (Å²) in [5, 5.41) is 10.6. The second-order valence-corrected chi connectivity index (χ2v) is 5.53. The molecule has 0 bridgehead atoms. The number of nitrogens with two attached hydrogens (primary N) is 1. The number of aromatic nitrogens is 3. The van der Waals surface area contributed by atoms with E-state index in [0.29, 0.717) is 10.9 Å². The lowest BCUT2D eigenvalue weighted by Crippen LogP contribution is -2.04. The lowest BCUT2D eigenvalue weighted by molar-refractivity contribution is 0.0593. The maximum absolute atomic E-state index is 11.4. The first-order valence-electron chi connectivity index (χ1n) is 6.90. The first-order valence-corrected chi connectivity index (χ1v) is 7.78. The zero-order chi connectivity index (χ0) is 16.9. The number of hydrazone groups is 1. The molecule has 0 amide bonds. The highest BCUT2D eigenvalue weighted by atomic mass is 32.1. The van der Waals surface area contributed by atoms with Crippen LogP contribution in [0.3, 0.4) is 0 Å². The van der Waals surface area contributed by atoms with Gasteiger partial charge in [-0.3, -0.25) is 5.43 Å². The molecule has 0 saturated carbocycles. The predicted molar refractivity (Wildman–Crippen MR) is 92.6 cm³/mol. The number of rotatable bonds is 5. The minimum atomic E-state index is -0.466. The molecule has 0 fully saturated rings. The molecule has 24 heavy (non-hydrogen) atoms. The molecule has 1 aromatic carbocycles. The van der Waals surface area contributed by atoms with E-state index in [1.54, 1.807) is 28.5 Å². The zero-order valence-electron chi connectivity index (χ0n) is 12.7. The van der Waals surface area contributed by atoms with Gasteiger partial charge in [-0.1, -0.05) is 12.1 Å². The molecule has 2 heterocycles. The summed E-state index contributed by atoms with van der Waals surface area (Å²) in [4.78, 5) is 15.5. The van der Waals surface area contributed by atoms with Gasteiger partial charge < -0.3 is 10.5 Å². The van der Waals surface area contributed by atoms with Crippen molar-refractivity contribution in [1.29, 1.82) is 0 Å². The number of methoxy groups -OCH3 is 1. The van der Waals surface area contributed by atoms with Crippen molar-refractivity contribution >= 4 is 34.5 Å². The van der Waals surface area contributed by atoms with Crippen molar-refractivity contribution < 1.29 is 9.53 Å². The summed E-state index contributed by atoms with van der Waals surface area (Å²) < 4.78 is 6.24. The average molecular weight is 342 g/mol. The minimum absolute atomic E-state index is 0.259. The van der Waals surface area contributed by atoms with Crippen molar-refractivity contribution in [2.75, 3.05) is 18.3 Å². The monoisotopic (exact) mass is 342 g/mol. The summed E-state index contributed by atoms with van der Waals surface area (Å²) in [6.07, 6.45) is 3.37. The van der Waals surface area contributed by atoms with Crippen molar-refractivity contribution in [2.24, 2.45) is 5.10 Å². The summed E-state index contributed by atoms with van der Waals surface area (Å²) in [5.74, 6) is -0.000925. The summed E-state index contributed by atoms with van der Waals surface area (Å²) in [6, 6.07) is 9.12. The minimum Gasteiger partial charge on any atom is -0.464 e. The number of carbonyl (C=O) groups excluding carboxylic acids is 1. The molecule has 0 atom stereocenters. The molecule has 0 radical (unpaired) electrons. The smallest absolute Gasteiger partial charge is 0.358 e. The summed E-state index contributed by atoms with van der Waals surface area (Å²) in [7, 11) is 1.32. The second-order valence-electron chi connectivity index (χ2n) is 4.68. The maximum Gasteiger partial charge on any atom is 0.358 e. The summed E-state index contributed by atoms with van der Waals surface area (Å²) in [5.41, 5.74) is 10.3. The third-order valence-electron chi connectivity index (χ3n) is 3.04. The standard InChI is InChI=1S/C15H14N6O2S/c1-23-14(22)12-6-7-21(20-12)11-4-2-10(3-5-11)8-17-19-15-18-13(16)9-24-15/h2-9H,16H2,1H3,(H,18,19). The van der Waals surface area contributed by atoms with Crippen LogP contribution in [0.15, 0.2) is 47.0 Å². The number of carbonyl (C=O) groups is 1. The third kappa shape index (κ3) is 3.58. The molecule has 0 saturated heterocycles. The van der Waals surface area contributed by atoms with E-state index < -0.39 is 5.97 Å². The Morgan fingerprint density at radius 1 is 1.38 bits per heavy atom. The van der Waals surface area contributed by atoms with Gasteiger partial charge in [-0.05, 0) is 23.8 Å². The zero-order valence-corrected chi connectivity index (χ0v) is 13.5. The SMILES string of the molecule is COC(=O)c1ccn(-c2ccc(C=NNc3nc(N)cs3)cc2)n1. The fourth-order valence-electron chi connectivity index (χ4n) is 1.89. The third-order valence-corrected chi connectivity index (χ3v) is 3.80. The van der Waals surface area contributed by atoms with Gasteiger partial charge in [-0.25, -0.2) is 14.5 Å². The van der Waals surface area contributed by atoms with Crippen molar-refractivity contribution in [2.45, 2.75) is 0 Å². The van der Waals surface area contributed by atoms with Crippen LogP contribution in [0.2, 0.25) is 0 Å². The Morgan fingerprint density at radius 2 is 2.17 bits per heavy atom. The van der Waals surface area contributed by atoms with Crippen LogP contribution in [0.25, 0.3) is 5.69 Å². The molecule has 3 N–H and O–H groups in total. The van der Waals surface area contributed by atoms with E-state index in [1.165, 1.54) is 18.4 Å². The Labute approximate surface area is 141 Å². The highest BCUT2D eigenvalue weighted by Gasteiger charge is 2.09. The molecule has 0 spiro atoms. The van der Waals surface area contributed by atoms with Crippen LogP contribution < -0.4 is 11.2 Å². The number of hydrogen-bond donors (Lipinski definition) is 2. The highest BCUT2D eigenvalue weighted by Crippen LogP contribution is 2.16. The fraction of sp³-hybridized carbons (Fsp3) is 0.0667. The molecule has 0 aliphatic carbocycles. The normalized spacial score (nSPS) is 10.9. The van der Waals surface area contributed by atoms with Crippen molar-refractivity contribution in [1.82, 2.24) is 14.8 Å². The van der Waals surface area contributed by atoms with Gasteiger partial charge in [0, 0.05) is 11.6 Å². The molecule has 8 nitrogen and oxygen atoms in total. The molecule has 9 heteroatoms. The molecule has 3 aromatic rings. The largest absolute Gasteiger partial charge is 0.464 e. The van der Waals surface area contributed by atoms with Gasteiger partial charge in [0.05, 0.1) is 19.0 Å². The highest BCUT2D eigenvalue weighted by molar-refractivity contribution is 7.14. The number of ether oxygens (including phenoxy) is 1. The van der Waals surface area contributed by atoms with Crippen LogP contribution in [0.5, 0.6) is 0 Å². The molecule has 0 unspecified atom stereocenters. The number of nitrogens with one attached hydrogen (secondary N) is 1. The molecule has 0 aliphatic heterocycles. The number of esters is 1. The predicted octanol–water partition coefficient (Wildman–Crippen LogP) is 2.14. The number of nitrogen functional groups attached to an aromatic ring is 1. The van der Waals surface area contributed by atoms with E-state index in [-0.39, 0.29) is 5.69 Å². The second kappa shape index (κ2) is 6.92. The first-order chi connectivity index (χ1) is 11.7. The van der Waals surface area contributed by atoms with Gasteiger partial charge in [0.1, 0.15) is 5.82 Å². The molecule has 0 aliphatic rings. The summed E-state index contributed by atoms with van der Waals surface area (Å²) in [6.45, 7) is 0. The van der Waals surface area contributed by atoms with E-state index in [4.69, 9.17) is 5.73 Å². The Kier molecular flexibility index (Phi) is 4.52. The number of nitrogens with zero attached hydrogens (tertiary/aromatic N) is 4. The molecule has 3 rings (SSSR count). The van der Waals surface area contributed by atoms with Gasteiger partial charge in [-0.2, -0.15) is 10.2 Å².